The molecule has 0 aliphatic heterocycles. The van der Waals surface area contributed by atoms with E-state index in [2.05, 4.69) is 20.8 Å². The molecule has 2 nitrogen and oxygen atoms in total. The van der Waals surface area contributed by atoms with Crippen molar-refractivity contribution in [3.8, 4) is 0 Å². The van der Waals surface area contributed by atoms with Gasteiger partial charge in [-0.25, -0.2) is 0 Å². The van der Waals surface area contributed by atoms with Gasteiger partial charge in [-0.3, -0.25) is 4.79 Å². The molecule has 1 atom stereocenters. The second kappa shape index (κ2) is 5.18. The normalized spacial score (nSPS) is 13.2. The Morgan fingerprint density at radius 3 is 2.17 bits per heavy atom. The smallest absolute Gasteiger partial charge is 0.225 e. The van der Waals surface area contributed by atoms with Crippen LogP contribution in [0.2, 0.25) is 0 Å². The largest absolute Gasteiger partial charge is 0.346 e. The van der Waals surface area contributed by atoms with E-state index in [4.69, 9.17) is 0 Å². The summed E-state index contributed by atoms with van der Waals surface area (Å²) in [6.07, 6.45) is 1.03. The van der Waals surface area contributed by atoms with Gasteiger partial charge in [0.1, 0.15) is 0 Å². The summed E-state index contributed by atoms with van der Waals surface area (Å²) in [7, 11) is 1.88. The lowest BCUT2D eigenvalue weighted by Gasteiger charge is -2.22. The number of hydrogen-bond donors (Lipinski definition) is 0. The fourth-order valence-corrected chi connectivity index (χ4v) is 1.08. The van der Waals surface area contributed by atoms with Crippen molar-refractivity contribution in [2.24, 2.45) is 11.8 Å². The van der Waals surface area contributed by atoms with Crippen LogP contribution in [0.4, 0.5) is 0 Å². The predicted octanol–water partition coefficient (Wildman–Crippen LogP) is 2.15. The molecule has 0 aromatic heterocycles. The summed E-state index contributed by atoms with van der Waals surface area (Å²) in [5, 5.41) is 0. The summed E-state index contributed by atoms with van der Waals surface area (Å²) in [5.74, 6) is 0.866. The Labute approximate surface area is 75.9 Å². The van der Waals surface area contributed by atoms with E-state index < -0.39 is 0 Å². The lowest BCUT2D eigenvalue weighted by atomic mass is 9.97. The maximum Gasteiger partial charge on any atom is 0.225 e. The summed E-state index contributed by atoms with van der Waals surface area (Å²) in [6, 6.07) is 0. The molecule has 0 fully saturated rings. The fraction of sp³-hybridized carbons (Fsp3) is 0.900. The van der Waals surface area contributed by atoms with Crippen LogP contribution in [0.25, 0.3) is 0 Å². The molecule has 0 bridgehead atoms. The molecule has 0 aliphatic carbocycles. The molecule has 0 saturated heterocycles. The summed E-state index contributed by atoms with van der Waals surface area (Å²) < 4.78 is 0. The fourth-order valence-electron chi connectivity index (χ4n) is 1.08. The van der Waals surface area contributed by atoms with Gasteiger partial charge in [-0.05, 0) is 12.3 Å². The molecule has 0 aromatic carbocycles. The summed E-state index contributed by atoms with van der Waals surface area (Å²) in [6.45, 7) is 9.13. The van der Waals surface area contributed by atoms with Gasteiger partial charge in [-0.1, -0.05) is 27.7 Å². The third-order valence-electron chi connectivity index (χ3n) is 2.32. The molecule has 0 saturated carbocycles. The van der Waals surface area contributed by atoms with Crippen molar-refractivity contribution in [1.29, 1.82) is 0 Å². The van der Waals surface area contributed by atoms with Crippen LogP contribution in [-0.2, 0) is 4.79 Å². The van der Waals surface area contributed by atoms with Gasteiger partial charge in [0.2, 0.25) is 5.91 Å². The van der Waals surface area contributed by atoms with E-state index in [0.717, 1.165) is 13.0 Å². The molecule has 0 aliphatic rings. The highest BCUT2D eigenvalue weighted by atomic mass is 16.2. The Bertz CT molecular complexity index is 143. The van der Waals surface area contributed by atoms with Crippen LogP contribution in [0.1, 0.15) is 34.1 Å². The van der Waals surface area contributed by atoms with Gasteiger partial charge in [-0.2, -0.15) is 0 Å². The van der Waals surface area contributed by atoms with Crippen LogP contribution in [0.3, 0.4) is 0 Å². The zero-order valence-electron chi connectivity index (χ0n) is 8.92. The van der Waals surface area contributed by atoms with Crippen molar-refractivity contribution >= 4 is 5.91 Å². The van der Waals surface area contributed by atoms with E-state index >= 15 is 0 Å². The Morgan fingerprint density at radius 1 is 1.33 bits per heavy atom. The Morgan fingerprint density at radius 2 is 1.83 bits per heavy atom. The lowest BCUT2D eigenvalue weighted by Crippen LogP contribution is -2.34. The maximum atomic E-state index is 11.6. The van der Waals surface area contributed by atoms with Crippen LogP contribution in [0.5, 0.6) is 0 Å². The monoisotopic (exact) mass is 171 g/mol. The predicted molar refractivity (Wildman–Crippen MR) is 51.9 cm³/mol. The van der Waals surface area contributed by atoms with Gasteiger partial charge < -0.3 is 4.90 Å². The van der Waals surface area contributed by atoms with Crippen LogP contribution in [-0.4, -0.2) is 24.4 Å². The van der Waals surface area contributed by atoms with Crippen molar-refractivity contribution in [3.63, 3.8) is 0 Å². The highest BCUT2D eigenvalue weighted by molar-refractivity contribution is 5.78. The summed E-state index contributed by atoms with van der Waals surface area (Å²) in [4.78, 5) is 13.4. The second-order valence-corrected chi connectivity index (χ2v) is 3.79. The van der Waals surface area contributed by atoms with Gasteiger partial charge in [0.15, 0.2) is 0 Å². The Balaban J connectivity index is 4.00. The van der Waals surface area contributed by atoms with Gasteiger partial charge in [-0.15, -0.1) is 0 Å². The minimum atomic E-state index is 0.154. The van der Waals surface area contributed by atoms with E-state index in [9.17, 15) is 4.79 Å². The van der Waals surface area contributed by atoms with Crippen LogP contribution < -0.4 is 0 Å². The SMILES string of the molecule is CCCN(C)C(=O)[C@H](C)C(C)C. The molecule has 0 aromatic rings. The first-order chi connectivity index (χ1) is 5.50. The molecule has 0 unspecified atom stereocenters. The number of amides is 1. The minimum absolute atomic E-state index is 0.154. The second-order valence-electron chi connectivity index (χ2n) is 3.79. The molecule has 0 N–H and O–H groups in total. The van der Waals surface area contributed by atoms with Gasteiger partial charge in [0.25, 0.3) is 0 Å². The molecule has 0 rings (SSSR count). The van der Waals surface area contributed by atoms with Crippen LogP contribution in [0, 0.1) is 11.8 Å². The average Bonchev–Trinajstić information content (AvgIpc) is 2.02. The molecular formula is C10H21NO. The van der Waals surface area contributed by atoms with E-state index in [1.807, 2.05) is 18.9 Å². The average molecular weight is 171 g/mol. The van der Waals surface area contributed by atoms with E-state index in [1.165, 1.54) is 0 Å². The van der Waals surface area contributed by atoms with E-state index in [0.29, 0.717) is 5.92 Å². The van der Waals surface area contributed by atoms with Crippen molar-refractivity contribution in [1.82, 2.24) is 4.90 Å². The molecule has 0 spiro atoms. The topological polar surface area (TPSA) is 20.3 Å². The summed E-state index contributed by atoms with van der Waals surface area (Å²) in [5.41, 5.74) is 0. The van der Waals surface area contributed by atoms with Crippen molar-refractivity contribution < 1.29 is 4.79 Å². The zero-order valence-corrected chi connectivity index (χ0v) is 8.92. The van der Waals surface area contributed by atoms with Gasteiger partial charge in [0, 0.05) is 19.5 Å². The standard InChI is InChI=1S/C10H21NO/c1-6-7-11(5)10(12)9(4)8(2)3/h8-9H,6-7H2,1-5H3/t9-/m1/s1. The molecule has 72 valence electrons. The van der Waals surface area contributed by atoms with Crippen LogP contribution in [0.15, 0.2) is 0 Å². The molecule has 0 heterocycles. The minimum Gasteiger partial charge on any atom is -0.346 e. The number of hydrogen-bond acceptors (Lipinski definition) is 1. The van der Waals surface area contributed by atoms with Crippen molar-refractivity contribution in [2.75, 3.05) is 13.6 Å². The summed E-state index contributed by atoms with van der Waals surface area (Å²) >= 11 is 0. The number of carbonyl (C=O) groups excluding carboxylic acids is 1. The first-order valence-electron chi connectivity index (χ1n) is 4.75. The first kappa shape index (κ1) is 11.5. The Hall–Kier alpha value is -0.530. The molecule has 1 amide bonds. The highest BCUT2D eigenvalue weighted by Crippen LogP contribution is 2.12. The zero-order chi connectivity index (χ0) is 9.72. The van der Waals surface area contributed by atoms with Crippen molar-refractivity contribution in [2.45, 2.75) is 34.1 Å². The maximum absolute atomic E-state index is 11.6. The lowest BCUT2D eigenvalue weighted by molar-refractivity contribution is -0.134. The highest BCUT2D eigenvalue weighted by Gasteiger charge is 2.19. The van der Waals surface area contributed by atoms with E-state index in [-0.39, 0.29) is 11.8 Å². The number of rotatable bonds is 4. The third kappa shape index (κ3) is 3.24. The number of carbonyl (C=O) groups is 1. The quantitative estimate of drug-likeness (QED) is 0.634. The van der Waals surface area contributed by atoms with Gasteiger partial charge in [0.05, 0.1) is 0 Å². The first-order valence-corrected chi connectivity index (χ1v) is 4.75. The molecule has 12 heavy (non-hydrogen) atoms. The van der Waals surface area contributed by atoms with E-state index in [1.54, 1.807) is 0 Å². The number of nitrogens with zero attached hydrogens (tertiary/aromatic N) is 1. The third-order valence-corrected chi connectivity index (χ3v) is 2.32. The molecule has 0 radical (unpaired) electrons. The van der Waals surface area contributed by atoms with Gasteiger partial charge >= 0.3 is 0 Å². The molecule has 2 heteroatoms. The van der Waals surface area contributed by atoms with Crippen molar-refractivity contribution in [3.05, 3.63) is 0 Å². The Kier molecular flexibility index (Phi) is 4.95. The van der Waals surface area contributed by atoms with Crippen LogP contribution >= 0.6 is 0 Å². The molecular weight excluding hydrogens is 150 g/mol.